The number of rotatable bonds is 4. The number of aromatic nitrogens is 1. The zero-order chi connectivity index (χ0) is 17.9. The molecule has 0 radical (unpaired) electrons. The van der Waals surface area contributed by atoms with Gasteiger partial charge in [-0.3, -0.25) is 4.79 Å². The second kappa shape index (κ2) is 7.17. The maximum atomic E-state index is 12.0. The summed E-state index contributed by atoms with van der Waals surface area (Å²) in [5, 5.41) is 8.65. The minimum absolute atomic E-state index is 0.112. The van der Waals surface area contributed by atoms with Gasteiger partial charge in [-0.05, 0) is 24.0 Å². The van der Waals surface area contributed by atoms with Crippen LogP contribution in [0.5, 0.6) is 0 Å². The summed E-state index contributed by atoms with van der Waals surface area (Å²) in [7, 11) is 0. The van der Waals surface area contributed by atoms with E-state index in [0.717, 1.165) is 24.0 Å². The Morgan fingerprint density at radius 3 is 3.12 bits per heavy atom. The van der Waals surface area contributed by atoms with E-state index in [0.29, 0.717) is 13.2 Å². The summed E-state index contributed by atoms with van der Waals surface area (Å²) in [5.41, 5.74) is 1.95. The monoisotopic (exact) mass is 356 g/mol. The van der Waals surface area contributed by atoms with Crippen LogP contribution in [0.3, 0.4) is 0 Å². The Balaban J connectivity index is 1.48. The highest BCUT2D eigenvalue weighted by Gasteiger charge is 2.39. The molecule has 2 aliphatic heterocycles. The molecule has 2 fully saturated rings. The molecule has 2 saturated heterocycles. The number of ether oxygens (including phenoxy) is 1. The van der Waals surface area contributed by atoms with E-state index in [1.165, 1.54) is 12.6 Å². The highest BCUT2D eigenvalue weighted by Crippen LogP contribution is 2.34. The van der Waals surface area contributed by atoms with E-state index in [-0.39, 0.29) is 35.9 Å². The Labute approximate surface area is 150 Å². The Kier molecular flexibility index (Phi) is 4.57. The summed E-state index contributed by atoms with van der Waals surface area (Å²) in [5.74, 6) is 0.0401. The van der Waals surface area contributed by atoms with E-state index in [1.807, 2.05) is 24.3 Å². The molecule has 2 aliphatic rings. The third-order valence-corrected chi connectivity index (χ3v) is 4.78. The lowest BCUT2D eigenvalue weighted by molar-refractivity contribution is -0.0602. The van der Waals surface area contributed by atoms with Gasteiger partial charge in [-0.25, -0.2) is 9.78 Å². The largest absolute Gasteiger partial charge is 0.438 e. The average Bonchev–Trinajstić information content (AvgIpc) is 3.20. The van der Waals surface area contributed by atoms with Crippen LogP contribution in [-0.2, 0) is 11.3 Å². The SMILES string of the molecule is O=C1N[C@H]2OCCC[C@H]2[C@H](c2cccc(CNC(=O)c3cnco3)c2)N1. The topological polar surface area (TPSA) is 105 Å². The predicted octanol–water partition coefficient (Wildman–Crippen LogP) is 1.71. The number of urea groups is 1. The molecular formula is C18H20N4O4. The molecule has 0 spiro atoms. The van der Waals surface area contributed by atoms with Crippen LogP contribution in [0.2, 0.25) is 0 Å². The summed E-state index contributed by atoms with van der Waals surface area (Å²) in [6, 6.07) is 7.52. The molecule has 0 bridgehead atoms. The molecule has 3 heterocycles. The lowest BCUT2D eigenvalue weighted by Gasteiger charge is -2.42. The highest BCUT2D eigenvalue weighted by atomic mass is 16.5. The standard InChI is InChI=1S/C18H20N4O4/c23-16(14-9-19-10-26-14)20-8-11-3-1-4-12(7-11)15-13-5-2-6-25-17(13)22-18(24)21-15/h1,3-4,7,9-10,13,15,17H,2,5-6,8H2,(H,20,23)(H2,21,22,24)/t13-,15-,17-/m0/s1. The second-order valence-corrected chi connectivity index (χ2v) is 6.49. The number of hydrogen-bond donors (Lipinski definition) is 3. The number of carbonyl (C=O) groups excluding carboxylic acids is 2. The molecule has 0 unspecified atom stereocenters. The van der Waals surface area contributed by atoms with Crippen LogP contribution in [0.4, 0.5) is 4.79 Å². The maximum absolute atomic E-state index is 12.0. The molecule has 0 aliphatic carbocycles. The predicted molar refractivity (Wildman–Crippen MR) is 91.0 cm³/mol. The van der Waals surface area contributed by atoms with Crippen molar-refractivity contribution >= 4 is 11.9 Å². The molecule has 2 aromatic rings. The first-order chi connectivity index (χ1) is 12.7. The van der Waals surface area contributed by atoms with E-state index >= 15 is 0 Å². The van der Waals surface area contributed by atoms with Crippen LogP contribution in [0.25, 0.3) is 0 Å². The minimum Gasteiger partial charge on any atom is -0.438 e. The molecule has 3 N–H and O–H groups in total. The van der Waals surface area contributed by atoms with Gasteiger partial charge < -0.3 is 25.1 Å². The number of carbonyl (C=O) groups is 2. The van der Waals surface area contributed by atoms with E-state index in [4.69, 9.17) is 9.15 Å². The van der Waals surface area contributed by atoms with Crippen molar-refractivity contribution < 1.29 is 18.7 Å². The lowest BCUT2D eigenvalue weighted by Crippen LogP contribution is -2.58. The Hall–Kier alpha value is -2.87. The van der Waals surface area contributed by atoms with Crippen molar-refractivity contribution in [2.24, 2.45) is 5.92 Å². The van der Waals surface area contributed by atoms with Gasteiger partial charge in [-0.1, -0.05) is 24.3 Å². The van der Waals surface area contributed by atoms with Crippen LogP contribution in [0, 0.1) is 5.92 Å². The normalized spacial score (nSPS) is 24.9. The number of nitrogens with zero attached hydrogens (tertiary/aromatic N) is 1. The third-order valence-electron chi connectivity index (χ3n) is 4.78. The van der Waals surface area contributed by atoms with Crippen LogP contribution >= 0.6 is 0 Å². The molecule has 0 saturated carbocycles. The quantitative estimate of drug-likeness (QED) is 0.773. The molecule has 3 atom stereocenters. The van der Waals surface area contributed by atoms with Gasteiger partial charge in [-0.2, -0.15) is 0 Å². The molecule has 8 nitrogen and oxygen atoms in total. The molecule has 3 amide bonds. The molecule has 1 aromatic carbocycles. The first-order valence-corrected chi connectivity index (χ1v) is 8.65. The number of fused-ring (bicyclic) bond motifs is 1. The highest BCUT2D eigenvalue weighted by molar-refractivity contribution is 5.90. The van der Waals surface area contributed by atoms with Crippen molar-refractivity contribution in [2.45, 2.75) is 31.7 Å². The van der Waals surface area contributed by atoms with Gasteiger partial charge in [0.05, 0.1) is 12.2 Å². The number of hydrogen-bond acceptors (Lipinski definition) is 5. The molecule has 136 valence electrons. The van der Waals surface area contributed by atoms with Crippen molar-refractivity contribution in [3.05, 3.63) is 53.7 Å². The molecule has 4 rings (SSSR count). The van der Waals surface area contributed by atoms with Crippen molar-refractivity contribution in [1.29, 1.82) is 0 Å². The van der Waals surface area contributed by atoms with Crippen LogP contribution in [0.1, 0.15) is 40.6 Å². The fourth-order valence-electron chi connectivity index (χ4n) is 3.54. The van der Waals surface area contributed by atoms with Crippen LogP contribution in [-0.4, -0.2) is 29.8 Å². The van der Waals surface area contributed by atoms with Crippen molar-refractivity contribution in [2.75, 3.05) is 6.61 Å². The molecular weight excluding hydrogens is 336 g/mol. The van der Waals surface area contributed by atoms with E-state index in [1.54, 1.807) is 0 Å². The Morgan fingerprint density at radius 1 is 1.35 bits per heavy atom. The van der Waals surface area contributed by atoms with Crippen LogP contribution in [0.15, 0.2) is 41.3 Å². The first-order valence-electron chi connectivity index (χ1n) is 8.65. The number of benzene rings is 1. The zero-order valence-electron chi connectivity index (χ0n) is 14.1. The van der Waals surface area contributed by atoms with Gasteiger partial charge in [0.1, 0.15) is 6.23 Å². The van der Waals surface area contributed by atoms with Crippen molar-refractivity contribution in [3.8, 4) is 0 Å². The zero-order valence-corrected chi connectivity index (χ0v) is 14.1. The average molecular weight is 356 g/mol. The number of nitrogens with one attached hydrogen (secondary N) is 3. The first kappa shape index (κ1) is 16.6. The van der Waals surface area contributed by atoms with Gasteiger partial charge >= 0.3 is 6.03 Å². The number of amides is 3. The summed E-state index contributed by atoms with van der Waals surface area (Å²) >= 11 is 0. The smallest absolute Gasteiger partial charge is 0.317 e. The van der Waals surface area contributed by atoms with Gasteiger partial charge in [0.2, 0.25) is 5.76 Å². The second-order valence-electron chi connectivity index (χ2n) is 6.49. The van der Waals surface area contributed by atoms with E-state index in [9.17, 15) is 9.59 Å². The van der Waals surface area contributed by atoms with Gasteiger partial charge in [0.25, 0.3) is 5.91 Å². The summed E-state index contributed by atoms with van der Waals surface area (Å²) in [6.07, 6.45) is 4.30. The third kappa shape index (κ3) is 3.41. The van der Waals surface area contributed by atoms with Gasteiger partial charge in [-0.15, -0.1) is 0 Å². The summed E-state index contributed by atoms with van der Waals surface area (Å²) in [4.78, 5) is 27.7. The Bertz CT molecular complexity index is 792. The van der Waals surface area contributed by atoms with Gasteiger partial charge in [0.15, 0.2) is 6.39 Å². The maximum Gasteiger partial charge on any atom is 0.317 e. The lowest BCUT2D eigenvalue weighted by atomic mass is 9.85. The van der Waals surface area contributed by atoms with Crippen molar-refractivity contribution in [3.63, 3.8) is 0 Å². The fraction of sp³-hybridized carbons (Fsp3) is 0.389. The Morgan fingerprint density at radius 2 is 2.27 bits per heavy atom. The van der Waals surface area contributed by atoms with E-state index < -0.39 is 0 Å². The fourth-order valence-corrected chi connectivity index (χ4v) is 3.54. The molecule has 1 aromatic heterocycles. The van der Waals surface area contributed by atoms with Crippen molar-refractivity contribution in [1.82, 2.24) is 20.9 Å². The van der Waals surface area contributed by atoms with E-state index in [2.05, 4.69) is 20.9 Å². The molecule has 26 heavy (non-hydrogen) atoms. The summed E-state index contributed by atoms with van der Waals surface area (Å²) < 4.78 is 10.7. The molecule has 8 heteroatoms. The number of oxazole rings is 1. The van der Waals surface area contributed by atoms with Gasteiger partial charge in [0, 0.05) is 19.1 Å². The summed E-state index contributed by atoms with van der Waals surface area (Å²) in [6.45, 7) is 1.03. The minimum atomic E-state index is -0.316. The van der Waals surface area contributed by atoms with Crippen LogP contribution < -0.4 is 16.0 Å².